The maximum Gasteiger partial charge on any atom is 0.417 e. The predicted molar refractivity (Wildman–Crippen MR) is 72.5 cm³/mol. The molecule has 1 aromatic rings. The Kier molecular flexibility index (Phi) is 4.70. The molecule has 1 aromatic carbocycles. The fraction of sp³-hybridized carbons (Fsp3) is 0.462. The maximum atomic E-state index is 12.8. The van der Waals surface area contributed by atoms with E-state index in [1.54, 1.807) is 0 Å². The number of alkyl halides is 3. The van der Waals surface area contributed by atoms with Gasteiger partial charge in [-0.05, 0) is 44.1 Å². The van der Waals surface area contributed by atoms with Gasteiger partial charge in [-0.1, -0.05) is 15.9 Å². The fourth-order valence-electron chi connectivity index (χ4n) is 2.12. The van der Waals surface area contributed by atoms with Crippen molar-refractivity contribution in [1.82, 2.24) is 10.6 Å². The second-order valence-corrected chi connectivity index (χ2v) is 5.54. The number of piperidine rings is 1. The summed E-state index contributed by atoms with van der Waals surface area (Å²) in [5.41, 5.74) is -0.811. The molecule has 1 heterocycles. The van der Waals surface area contributed by atoms with E-state index in [-0.39, 0.29) is 16.1 Å². The van der Waals surface area contributed by atoms with E-state index < -0.39 is 17.6 Å². The van der Waals surface area contributed by atoms with Crippen LogP contribution in [-0.2, 0) is 6.18 Å². The van der Waals surface area contributed by atoms with E-state index in [2.05, 4.69) is 26.6 Å². The number of halogens is 4. The highest BCUT2D eigenvalue weighted by Crippen LogP contribution is 2.35. The standard InChI is InChI=1S/C13H14BrF3N2O/c14-11-2-1-8(7-10(11)13(15,16)17)12(20)19-9-3-5-18-6-4-9/h1-2,7,9,18H,3-6H2,(H,19,20). The number of rotatable bonds is 2. The van der Waals surface area contributed by atoms with Crippen LogP contribution >= 0.6 is 15.9 Å². The molecule has 0 radical (unpaired) electrons. The molecule has 1 amide bonds. The van der Waals surface area contributed by atoms with Gasteiger partial charge in [0.25, 0.3) is 5.91 Å². The predicted octanol–water partition coefficient (Wildman–Crippen LogP) is 2.95. The molecule has 0 aliphatic carbocycles. The lowest BCUT2D eigenvalue weighted by Crippen LogP contribution is -2.42. The van der Waals surface area contributed by atoms with Gasteiger partial charge in [-0.15, -0.1) is 0 Å². The maximum absolute atomic E-state index is 12.8. The molecule has 0 unspecified atom stereocenters. The van der Waals surface area contributed by atoms with Crippen molar-refractivity contribution in [2.45, 2.75) is 25.1 Å². The smallest absolute Gasteiger partial charge is 0.349 e. The van der Waals surface area contributed by atoms with E-state index in [1.165, 1.54) is 12.1 Å². The zero-order chi connectivity index (χ0) is 14.8. The minimum Gasteiger partial charge on any atom is -0.349 e. The Morgan fingerprint density at radius 1 is 1.30 bits per heavy atom. The lowest BCUT2D eigenvalue weighted by Gasteiger charge is -2.23. The molecule has 2 N–H and O–H groups in total. The molecule has 1 aliphatic rings. The van der Waals surface area contributed by atoms with Crippen LogP contribution in [0.5, 0.6) is 0 Å². The van der Waals surface area contributed by atoms with Crippen LogP contribution in [0.15, 0.2) is 22.7 Å². The quantitative estimate of drug-likeness (QED) is 0.860. The van der Waals surface area contributed by atoms with Gasteiger partial charge in [-0.2, -0.15) is 13.2 Å². The lowest BCUT2D eigenvalue weighted by atomic mass is 10.1. The van der Waals surface area contributed by atoms with Gasteiger partial charge in [-0.25, -0.2) is 0 Å². The van der Waals surface area contributed by atoms with Gasteiger partial charge in [0.05, 0.1) is 5.56 Å². The average Bonchev–Trinajstić information content (AvgIpc) is 2.39. The Labute approximate surface area is 123 Å². The van der Waals surface area contributed by atoms with Gasteiger partial charge in [0.1, 0.15) is 0 Å². The summed E-state index contributed by atoms with van der Waals surface area (Å²) in [7, 11) is 0. The lowest BCUT2D eigenvalue weighted by molar-refractivity contribution is -0.138. The molecule has 3 nitrogen and oxygen atoms in total. The Morgan fingerprint density at radius 3 is 2.55 bits per heavy atom. The molecule has 20 heavy (non-hydrogen) atoms. The molecule has 2 rings (SSSR count). The van der Waals surface area contributed by atoms with Crippen molar-refractivity contribution in [3.8, 4) is 0 Å². The monoisotopic (exact) mass is 350 g/mol. The molecule has 1 fully saturated rings. The molecule has 1 saturated heterocycles. The summed E-state index contributed by atoms with van der Waals surface area (Å²) in [5, 5.41) is 5.93. The average molecular weight is 351 g/mol. The van der Waals surface area contributed by atoms with E-state index in [1.807, 2.05) is 0 Å². The number of benzene rings is 1. The summed E-state index contributed by atoms with van der Waals surface area (Å²) >= 11 is 2.85. The van der Waals surface area contributed by atoms with E-state index in [9.17, 15) is 18.0 Å². The van der Waals surface area contributed by atoms with Gasteiger partial charge in [0.15, 0.2) is 0 Å². The van der Waals surface area contributed by atoms with Crippen molar-refractivity contribution < 1.29 is 18.0 Å². The first kappa shape index (κ1) is 15.3. The third-order valence-corrected chi connectivity index (χ3v) is 3.90. The van der Waals surface area contributed by atoms with Crippen LogP contribution in [0.25, 0.3) is 0 Å². The zero-order valence-corrected chi connectivity index (χ0v) is 12.1. The molecule has 0 aromatic heterocycles. The highest BCUT2D eigenvalue weighted by atomic mass is 79.9. The van der Waals surface area contributed by atoms with Gasteiger partial charge >= 0.3 is 6.18 Å². The highest BCUT2D eigenvalue weighted by molar-refractivity contribution is 9.10. The largest absolute Gasteiger partial charge is 0.417 e. The topological polar surface area (TPSA) is 41.1 Å². The number of amides is 1. The minimum absolute atomic E-state index is 0.0155. The van der Waals surface area contributed by atoms with E-state index in [0.29, 0.717) is 0 Å². The first-order valence-corrected chi connectivity index (χ1v) is 7.05. The summed E-state index contributed by atoms with van der Waals surface area (Å²) < 4.78 is 38.3. The van der Waals surface area contributed by atoms with E-state index in [0.717, 1.165) is 32.0 Å². The summed E-state index contributed by atoms with van der Waals surface area (Å²) in [6, 6.07) is 3.53. The van der Waals surface area contributed by atoms with Crippen molar-refractivity contribution in [3.05, 3.63) is 33.8 Å². The van der Waals surface area contributed by atoms with E-state index in [4.69, 9.17) is 0 Å². The van der Waals surface area contributed by atoms with Gasteiger partial charge in [0.2, 0.25) is 0 Å². The second kappa shape index (κ2) is 6.13. The Bertz CT molecular complexity index is 499. The molecular formula is C13H14BrF3N2O. The first-order valence-electron chi connectivity index (χ1n) is 6.26. The van der Waals surface area contributed by atoms with Crippen LogP contribution in [-0.4, -0.2) is 25.0 Å². The van der Waals surface area contributed by atoms with Crippen molar-refractivity contribution in [2.24, 2.45) is 0 Å². The van der Waals surface area contributed by atoms with Crippen molar-refractivity contribution in [1.29, 1.82) is 0 Å². The number of carbonyl (C=O) groups excluding carboxylic acids is 1. The number of nitrogens with one attached hydrogen (secondary N) is 2. The van der Waals surface area contributed by atoms with Crippen LogP contribution in [0.4, 0.5) is 13.2 Å². The minimum atomic E-state index is -4.48. The SMILES string of the molecule is O=C(NC1CCNCC1)c1ccc(Br)c(C(F)(F)F)c1. The van der Waals surface area contributed by atoms with Crippen LogP contribution in [0.1, 0.15) is 28.8 Å². The summed E-state index contributed by atoms with van der Waals surface area (Å²) in [5.74, 6) is -0.463. The Balaban J connectivity index is 2.13. The van der Waals surface area contributed by atoms with Crippen LogP contribution in [0, 0.1) is 0 Å². The fourth-order valence-corrected chi connectivity index (χ4v) is 2.59. The Morgan fingerprint density at radius 2 is 1.95 bits per heavy atom. The molecular weight excluding hydrogens is 337 g/mol. The van der Waals surface area contributed by atoms with Gasteiger partial charge in [0, 0.05) is 16.1 Å². The molecule has 0 saturated carbocycles. The first-order chi connectivity index (χ1) is 9.38. The molecule has 0 atom stereocenters. The van der Waals surface area contributed by atoms with Gasteiger partial charge in [-0.3, -0.25) is 4.79 Å². The van der Waals surface area contributed by atoms with Crippen molar-refractivity contribution in [3.63, 3.8) is 0 Å². The third kappa shape index (κ3) is 3.73. The highest BCUT2D eigenvalue weighted by Gasteiger charge is 2.33. The van der Waals surface area contributed by atoms with Crippen LogP contribution < -0.4 is 10.6 Å². The number of hydrogen-bond acceptors (Lipinski definition) is 2. The second-order valence-electron chi connectivity index (χ2n) is 4.69. The van der Waals surface area contributed by atoms with Crippen LogP contribution in [0.2, 0.25) is 0 Å². The molecule has 0 spiro atoms. The van der Waals surface area contributed by atoms with Crippen molar-refractivity contribution >= 4 is 21.8 Å². The number of carbonyl (C=O) groups is 1. The van der Waals surface area contributed by atoms with Crippen LogP contribution in [0.3, 0.4) is 0 Å². The molecule has 0 bridgehead atoms. The number of hydrogen-bond donors (Lipinski definition) is 2. The van der Waals surface area contributed by atoms with Gasteiger partial charge < -0.3 is 10.6 Å². The molecule has 110 valence electrons. The Hall–Kier alpha value is -1.08. The molecule has 7 heteroatoms. The summed E-state index contributed by atoms with van der Waals surface area (Å²) in [6.45, 7) is 1.61. The summed E-state index contributed by atoms with van der Waals surface area (Å²) in [4.78, 5) is 12.0. The molecule has 1 aliphatic heterocycles. The third-order valence-electron chi connectivity index (χ3n) is 3.21. The normalized spacial score (nSPS) is 17.0. The van der Waals surface area contributed by atoms with Crippen molar-refractivity contribution in [2.75, 3.05) is 13.1 Å². The van der Waals surface area contributed by atoms with E-state index >= 15 is 0 Å². The summed E-state index contributed by atoms with van der Waals surface area (Å²) in [6.07, 6.45) is -2.91. The zero-order valence-electron chi connectivity index (χ0n) is 10.6.